The summed E-state index contributed by atoms with van der Waals surface area (Å²) in [5, 5.41) is 2.88. The maximum Gasteiger partial charge on any atom is 0.330 e. The van der Waals surface area contributed by atoms with Crippen LogP contribution < -0.4 is 5.32 Å². The second-order valence-corrected chi connectivity index (χ2v) is 8.87. The molecule has 1 unspecified atom stereocenters. The Balaban J connectivity index is 2.14. The summed E-state index contributed by atoms with van der Waals surface area (Å²) in [4.78, 5) is 37.4. The molecule has 1 aliphatic rings. The highest BCUT2D eigenvalue weighted by molar-refractivity contribution is 5.94. The zero-order valence-electron chi connectivity index (χ0n) is 23.6. The van der Waals surface area contributed by atoms with Crippen LogP contribution in [0.2, 0.25) is 0 Å². The van der Waals surface area contributed by atoms with Crippen molar-refractivity contribution in [1.82, 2.24) is 10.2 Å². The molecular formula is C32H46N2O5. The van der Waals surface area contributed by atoms with Crippen molar-refractivity contribution >= 4 is 17.8 Å². The predicted octanol–water partition coefficient (Wildman–Crippen LogP) is 5.54. The number of hydrogen-bond acceptors (Lipinski definition) is 5. The van der Waals surface area contributed by atoms with Crippen LogP contribution in [0.4, 0.5) is 0 Å². The van der Waals surface area contributed by atoms with Crippen LogP contribution in [0.15, 0.2) is 85.1 Å². The number of allylic oxidation sites excluding steroid dienone is 12. The Hall–Kier alpha value is -3.45. The van der Waals surface area contributed by atoms with E-state index in [1.54, 1.807) is 4.90 Å². The minimum atomic E-state index is -0.587. The maximum absolute atomic E-state index is 12.4. The van der Waals surface area contributed by atoms with Gasteiger partial charge in [0, 0.05) is 31.7 Å². The predicted molar refractivity (Wildman–Crippen MR) is 158 cm³/mol. The van der Waals surface area contributed by atoms with Crippen molar-refractivity contribution in [3.05, 3.63) is 85.1 Å². The first-order valence-electron chi connectivity index (χ1n) is 13.9. The molecule has 0 spiro atoms. The lowest BCUT2D eigenvalue weighted by Gasteiger charge is -2.35. The summed E-state index contributed by atoms with van der Waals surface area (Å²) in [5.41, 5.74) is 0. The van der Waals surface area contributed by atoms with Crippen LogP contribution in [-0.4, -0.2) is 62.1 Å². The molecule has 0 radical (unpaired) electrons. The monoisotopic (exact) mass is 538 g/mol. The molecule has 0 aliphatic carbocycles. The van der Waals surface area contributed by atoms with E-state index in [0.29, 0.717) is 39.1 Å². The van der Waals surface area contributed by atoms with E-state index in [-0.39, 0.29) is 17.9 Å². The second-order valence-electron chi connectivity index (χ2n) is 8.87. The topological polar surface area (TPSA) is 84.9 Å². The van der Waals surface area contributed by atoms with Crippen LogP contribution in [0.1, 0.15) is 58.3 Å². The summed E-state index contributed by atoms with van der Waals surface area (Å²) in [7, 11) is 1.25. The summed E-state index contributed by atoms with van der Waals surface area (Å²) >= 11 is 0. The number of hydrogen-bond donors (Lipinski definition) is 1. The number of nitrogens with one attached hydrogen (secondary N) is 1. The summed E-state index contributed by atoms with van der Waals surface area (Å²) in [6, 6.07) is -0.275. The van der Waals surface area contributed by atoms with Crippen molar-refractivity contribution in [2.75, 3.05) is 33.4 Å². The van der Waals surface area contributed by atoms with Gasteiger partial charge < -0.3 is 19.7 Å². The van der Waals surface area contributed by atoms with Crippen LogP contribution in [-0.2, 0) is 23.9 Å². The molecule has 0 saturated carbocycles. The molecule has 1 aliphatic heterocycles. The van der Waals surface area contributed by atoms with E-state index in [9.17, 15) is 14.4 Å². The third-order valence-corrected chi connectivity index (χ3v) is 5.74. The highest BCUT2D eigenvalue weighted by Gasteiger charge is 2.26. The van der Waals surface area contributed by atoms with Gasteiger partial charge in [0.05, 0.1) is 26.4 Å². The molecule has 0 aromatic rings. The minimum Gasteiger partial charge on any atom is -0.466 e. The fraction of sp³-hybridized carbons (Fsp3) is 0.469. The van der Waals surface area contributed by atoms with E-state index < -0.39 is 5.97 Å². The Morgan fingerprint density at radius 3 is 1.90 bits per heavy atom. The molecule has 39 heavy (non-hydrogen) atoms. The lowest BCUT2D eigenvalue weighted by atomic mass is 10.2. The van der Waals surface area contributed by atoms with Gasteiger partial charge in [-0.1, -0.05) is 79.8 Å². The Bertz CT molecular complexity index is 912. The first-order valence-corrected chi connectivity index (χ1v) is 13.9. The van der Waals surface area contributed by atoms with Crippen LogP contribution >= 0.6 is 0 Å². The van der Waals surface area contributed by atoms with E-state index in [4.69, 9.17) is 4.74 Å². The number of morpholine rings is 1. The van der Waals surface area contributed by atoms with Gasteiger partial charge >= 0.3 is 5.97 Å². The SMILES string of the molecule is CC/C=C\C/C=C\C/C=C\C/C=C\C/C=C\C/C=C\CCC(=O)NCC1COCCN1C(=O)C=CC(=O)OC. The van der Waals surface area contributed by atoms with E-state index >= 15 is 0 Å². The van der Waals surface area contributed by atoms with Crippen molar-refractivity contribution in [2.45, 2.75) is 64.3 Å². The lowest BCUT2D eigenvalue weighted by Crippen LogP contribution is -2.53. The van der Waals surface area contributed by atoms with Gasteiger partial charge in [-0.2, -0.15) is 0 Å². The molecule has 1 saturated heterocycles. The summed E-state index contributed by atoms with van der Waals surface area (Å²) < 4.78 is 9.97. The summed E-state index contributed by atoms with van der Waals surface area (Å²) in [6.45, 7) is 3.62. The lowest BCUT2D eigenvalue weighted by molar-refractivity contribution is -0.137. The quantitative estimate of drug-likeness (QED) is 0.141. The molecule has 0 aromatic carbocycles. The van der Waals surface area contributed by atoms with Gasteiger partial charge in [0.1, 0.15) is 0 Å². The number of methoxy groups -OCH3 is 1. The molecule has 7 nitrogen and oxygen atoms in total. The number of nitrogens with zero attached hydrogens (tertiary/aromatic N) is 1. The van der Waals surface area contributed by atoms with Crippen LogP contribution in [0, 0.1) is 0 Å². The van der Waals surface area contributed by atoms with Crippen molar-refractivity contribution in [1.29, 1.82) is 0 Å². The Labute approximate surface area is 234 Å². The van der Waals surface area contributed by atoms with Gasteiger partial charge in [0.2, 0.25) is 11.8 Å². The van der Waals surface area contributed by atoms with Crippen LogP contribution in [0.25, 0.3) is 0 Å². The van der Waals surface area contributed by atoms with Gasteiger partial charge in [-0.15, -0.1) is 0 Å². The van der Waals surface area contributed by atoms with Gasteiger partial charge in [-0.25, -0.2) is 4.79 Å². The average molecular weight is 539 g/mol. The average Bonchev–Trinajstić information content (AvgIpc) is 2.95. The van der Waals surface area contributed by atoms with E-state index in [2.05, 4.69) is 83.8 Å². The molecule has 1 heterocycles. The van der Waals surface area contributed by atoms with Crippen molar-refractivity contribution in [2.24, 2.45) is 0 Å². The first kappa shape index (κ1) is 33.6. The van der Waals surface area contributed by atoms with Gasteiger partial charge in [0.25, 0.3) is 0 Å². The number of carbonyl (C=O) groups is 3. The fourth-order valence-electron chi connectivity index (χ4n) is 3.59. The Morgan fingerprint density at radius 1 is 0.821 bits per heavy atom. The zero-order valence-corrected chi connectivity index (χ0v) is 23.6. The second kappa shape index (κ2) is 23.7. The van der Waals surface area contributed by atoms with E-state index in [1.807, 2.05) is 6.08 Å². The van der Waals surface area contributed by atoms with E-state index in [1.165, 1.54) is 13.2 Å². The third-order valence-electron chi connectivity index (χ3n) is 5.74. The standard InChI is InChI=1S/C32H46N2O5/c1-3-4-5-6-7-8-9-10-11-12-13-14-15-16-17-18-19-20-21-22-30(35)33-27-29-28-39-26-25-34(29)31(36)23-24-32(37)38-2/h4-5,7-8,10-11,13-14,16-17,19-20,23-24,29H,3,6,9,12,15,18,21-22,25-28H2,1-2H3,(H,33,35)/b5-4-,8-7-,11-10-,14-13-,17-16-,20-19-,24-23?. The molecule has 1 fully saturated rings. The molecule has 214 valence electrons. The highest BCUT2D eigenvalue weighted by Crippen LogP contribution is 2.08. The minimum absolute atomic E-state index is 0.0717. The maximum atomic E-state index is 12.4. The van der Waals surface area contributed by atoms with Gasteiger partial charge in [0.15, 0.2) is 0 Å². The van der Waals surface area contributed by atoms with Crippen LogP contribution in [0.3, 0.4) is 0 Å². The molecule has 0 bridgehead atoms. The van der Waals surface area contributed by atoms with Crippen molar-refractivity contribution in [3.8, 4) is 0 Å². The molecule has 1 rings (SSSR count). The van der Waals surface area contributed by atoms with E-state index in [0.717, 1.165) is 44.6 Å². The molecule has 1 atom stereocenters. The summed E-state index contributed by atoms with van der Waals surface area (Å²) in [5.74, 6) is -0.964. The van der Waals surface area contributed by atoms with Crippen LogP contribution in [0.5, 0.6) is 0 Å². The first-order chi connectivity index (χ1) is 19.1. The Kier molecular flexibility index (Phi) is 20.4. The van der Waals surface area contributed by atoms with Gasteiger partial charge in [-0.05, 0) is 44.9 Å². The zero-order chi connectivity index (χ0) is 28.4. The molecule has 2 amide bonds. The molecule has 7 heteroatoms. The van der Waals surface area contributed by atoms with Gasteiger partial charge in [-0.3, -0.25) is 9.59 Å². The number of rotatable bonds is 18. The highest BCUT2D eigenvalue weighted by atomic mass is 16.5. The number of carbonyl (C=O) groups excluding carboxylic acids is 3. The third kappa shape index (κ3) is 18.4. The summed E-state index contributed by atoms with van der Waals surface area (Å²) in [6.07, 6.45) is 35.0. The number of ether oxygens (including phenoxy) is 2. The largest absolute Gasteiger partial charge is 0.466 e. The number of amides is 2. The molecule has 0 aromatic heterocycles. The molecular weight excluding hydrogens is 492 g/mol. The smallest absolute Gasteiger partial charge is 0.330 e. The molecule has 1 N–H and O–H groups in total. The number of esters is 1. The van der Waals surface area contributed by atoms with Crippen molar-refractivity contribution < 1.29 is 23.9 Å². The normalized spacial score (nSPS) is 16.8. The van der Waals surface area contributed by atoms with Crippen molar-refractivity contribution in [3.63, 3.8) is 0 Å². The Morgan fingerprint density at radius 2 is 1.36 bits per heavy atom. The fourth-order valence-corrected chi connectivity index (χ4v) is 3.59.